The van der Waals surface area contributed by atoms with E-state index in [9.17, 15) is 0 Å². The van der Waals surface area contributed by atoms with Crippen molar-refractivity contribution in [2.75, 3.05) is 6.54 Å². The summed E-state index contributed by atoms with van der Waals surface area (Å²) in [5, 5.41) is 3.19. The van der Waals surface area contributed by atoms with Crippen LogP contribution >= 0.6 is 0 Å². The summed E-state index contributed by atoms with van der Waals surface area (Å²) < 4.78 is 5.43. The summed E-state index contributed by atoms with van der Waals surface area (Å²) in [6, 6.07) is 0. The van der Waals surface area contributed by atoms with Crippen LogP contribution in [0, 0.1) is 0 Å². The molecule has 0 aliphatic rings. The largest absolute Gasteiger partial charge is 0.474 e. The summed E-state index contributed by atoms with van der Waals surface area (Å²) >= 11 is 0. The van der Waals surface area contributed by atoms with E-state index in [0.29, 0.717) is 5.88 Å². The minimum absolute atomic E-state index is 0.138. The highest BCUT2D eigenvalue weighted by molar-refractivity contribution is 5.08. The summed E-state index contributed by atoms with van der Waals surface area (Å²) in [5.41, 5.74) is 0.907. The van der Waals surface area contributed by atoms with Gasteiger partial charge < -0.3 is 10.1 Å². The molecule has 0 aromatic carbocycles. The van der Waals surface area contributed by atoms with Crippen molar-refractivity contribution in [3.8, 4) is 5.88 Å². The number of nitrogens with zero attached hydrogens (tertiary/aromatic N) is 2. The van der Waals surface area contributed by atoms with E-state index >= 15 is 0 Å². The van der Waals surface area contributed by atoms with Crippen molar-refractivity contribution in [1.29, 1.82) is 0 Å². The van der Waals surface area contributed by atoms with Gasteiger partial charge in [0.05, 0.1) is 18.0 Å². The van der Waals surface area contributed by atoms with Crippen molar-refractivity contribution in [3.05, 3.63) is 18.1 Å². The highest BCUT2D eigenvalue weighted by atomic mass is 16.5. The van der Waals surface area contributed by atoms with Gasteiger partial charge in [0.1, 0.15) is 0 Å². The van der Waals surface area contributed by atoms with E-state index in [2.05, 4.69) is 22.2 Å². The molecule has 0 spiro atoms. The maximum atomic E-state index is 5.43. The Kier molecular flexibility index (Phi) is 4.32. The van der Waals surface area contributed by atoms with Gasteiger partial charge in [0.25, 0.3) is 0 Å². The lowest BCUT2D eigenvalue weighted by Crippen LogP contribution is -2.14. The zero-order valence-corrected chi connectivity index (χ0v) is 8.95. The summed E-state index contributed by atoms with van der Waals surface area (Å²) in [6.45, 7) is 7.66. The van der Waals surface area contributed by atoms with E-state index in [-0.39, 0.29) is 6.10 Å². The fourth-order valence-electron chi connectivity index (χ4n) is 1.02. The van der Waals surface area contributed by atoms with Crippen LogP contribution in [0.5, 0.6) is 5.88 Å². The average Bonchev–Trinajstić information content (AvgIpc) is 2.14. The lowest BCUT2D eigenvalue weighted by molar-refractivity contribution is 0.231. The van der Waals surface area contributed by atoms with Crippen molar-refractivity contribution in [3.63, 3.8) is 0 Å². The molecule has 1 N–H and O–H groups in total. The van der Waals surface area contributed by atoms with Crippen molar-refractivity contribution < 1.29 is 4.74 Å². The smallest absolute Gasteiger partial charge is 0.232 e. The molecule has 0 radical (unpaired) electrons. The molecule has 1 aromatic heterocycles. The molecule has 14 heavy (non-hydrogen) atoms. The maximum Gasteiger partial charge on any atom is 0.232 e. The fraction of sp³-hybridized carbons (Fsp3) is 0.600. The van der Waals surface area contributed by atoms with E-state index in [1.807, 2.05) is 13.8 Å². The highest BCUT2D eigenvalue weighted by Gasteiger charge is 2.01. The van der Waals surface area contributed by atoms with Crippen molar-refractivity contribution in [2.45, 2.75) is 33.4 Å². The number of hydrogen-bond donors (Lipinski definition) is 1. The molecule has 0 amide bonds. The average molecular weight is 195 g/mol. The van der Waals surface area contributed by atoms with Gasteiger partial charge in [0.15, 0.2) is 0 Å². The van der Waals surface area contributed by atoms with Crippen LogP contribution in [-0.2, 0) is 6.54 Å². The van der Waals surface area contributed by atoms with Gasteiger partial charge in [-0.3, -0.25) is 4.98 Å². The Hall–Kier alpha value is -1.16. The minimum atomic E-state index is 0.138. The molecule has 0 aliphatic carbocycles. The Morgan fingerprint density at radius 1 is 1.43 bits per heavy atom. The first kappa shape index (κ1) is 10.9. The third kappa shape index (κ3) is 3.70. The van der Waals surface area contributed by atoms with Gasteiger partial charge in [0.2, 0.25) is 5.88 Å². The topological polar surface area (TPSA) is 47.0 Å². The quantitative estimate of drug-likeness (QED) is 0.771. The molecular formula is C10H17N3O. The molecule has 0 saturated carbocycles. The van der Waals surface area contributed by atoms with Crippen LogP contribution in [0.15, 0.2) is 12.4 Å². The summed E-state index contributed by atoms with van der Waals surface area (Å²) in [4.78, 5) is 8.37. The van der Waals surface area contributed by atoms with Gasteiger partial charge >= 0.3 is 0 Å². The second-order valence-electron chi connectivity index (χ2n) is 3.30. The van der Waals surface area contributed by atoms with E-state index in [1.54, 1.807) is 12.4 Å². The number of hydrogen-bond acceptors (Lipinski definition) is 4. The van der Waals surface area contributed by atoms with Crippen LogP contribution in [0.1, 0.15) is 26.5 Å². The van der Waals surface area contributed by atoms with Crippen molar-refractivity contribution in [1.82, 2.24) is 15.3 Å². The summed E-state index contributed by atoms with van der Waals surface area (Å²) in [5.74, 6) is 0.593. The van der Waals surface area contributed by atoms with Crippen LogP contribution in [0.3, 0.4) is 0 Å². The molecule has 78 valence electrons. The third-order valence-electron chi connectivity index (χ3n) is 1.57. The molecule has 0 unspecified atom stereocenters. The standard InChI is InChI=1S/C10H17N3O/c1-4-11-5-9-6-12-7-10(13-9)14-8(2)3/h6-8,11H,4-5H2,1-3H3. The van der Waals surface area contributed by atoms with E-state index < -0.39 is 0 Å². The minimum Gasteiger partial charge on any atom is -0.474 e. The fourth-order valence-corrected chi connectivity index (χ4v) is 1.02. The lowest BCUT2D eigenvalue weighted by Gasteiger charge is -2.09. The van der Waals surface area contributed by atoms with Crippen LogP contribution in [0.25, 0.3) is 0 Å². The molecule has 1 rings (SSSR count). The molecule has 4 nitrogen and oxygen atoms in total. The second-order valence-corrected chi connectivity index (χ2v) is 3.30. The van der Waals surface area contributed by atoms with Crippen LogP contribution in [0.4, 0.5) is 0 Å². The monoisotopic (exact) mass is 195 g/mol. The van der Waals surface area contributed by atoms with Crippen LogP contribution in [-0.4, -0.2) is 22.6 Å². The van der Waals surface area contributed by atoms with Crippen molar-refractivity contribution >= 4 is 0 Å². The second kappa shape index (κ2) is 5.54. The molecule has 0 saturated heterocycles. The van der Waals surface area contributed by atoms with Gasteiger partial charge in [-0.15, -0.1) is 0 Å². The maximum absolute atomic E-state index is 5.43. The molecule has 4 heteroatoms. The Bertz CT molecular complexity index is 276. The zero-order valence-electron chi connectivity index (χ0n) is 8.95. The molecule has 1 aromatic rings. The van der Waals surface area contributed by atoms with Gasteiger partial charge in [-0.1, -0.05) is 6.92 Å². The number of rotatable bonds is 5. The summed E-state index contributed by atoms with van der Waals surface area (Å²) in [7, 11) is 0. The Balaban J connectivity index is 2.59. The number of ether oxygens (including phenoxy) is 1. The molecule has 0 fully saturated rings. The first-order valence-corrected chi connectivity index (χ1v) is 4.90. The number of nitrogens with one attached hydrogen (secondary N) is 1. The zero-order chi connectivity index (χ0) is 10.4. The summed E-state index contributed by atoms with van der Waals surface area (Å²) in [6.07, 6.45) is 3.52. The van der Waals surface area contributed by atoms with Crippen molar-refractivity contribution in [2.24, 2.45) is 0 Å². The van der Waals surface area contributed by atoms with Gasteiger partial charge in [-0.25, -0.2) is 4.98 Å². The van der Waals surface area contributed by atoms with Gasteiger partial charge in [-0.05, 0) is 20.4 Å². The van der Waals surface area contributed by atoms with Gasteiger partial charge in [0, 0.05) is 12.7 Å². The normalized spacial score (nSPS) is 10.6. The predicted octanol–water partition coefficient (Wildman–Crippen LogP) is 1.37. The first-order chi connectivity index (χ1) is 6.72. The first-order valence-electron chi connectivity index (χ1n) is 4.90. The van der Waals surface area contributed by atoms with E-state index in [0.717, 1.165) is 18.8 Å². The molecule has 0 atom stereocenters. The Morgan fingerprint density at radius 2 is 2.21 bits per heavy atom. The Morgan fingerprint density at radius 3 is 2.86 bits per heavy atom. The van der Waals surface area contributed by atoms with Crippen LogP contribution < -0.4 is 10.1 Å². The number of aromatic nitrogens is 2. The van der Waals surface area contributed by atoms with Gasteiger partial charge in [-0.2, -0.15) is 0 Å². The van der Waals surface area contributed by atoms with E-state index in [4.69, 9.17) is 4.74 Å². The molecule has 0 bridgehead atoms. The molecular weight excluding hydrogens is 178 g/mol. The molecule has 1 heterocycles. The highest BCUT2D eigenvalue weighted by Crippen LogP contribution is 2.06. The van der Waals surface area contributed by atoms with E-state index in [1.165, 1.54) is 0 Å². The van der Waals surface area contributed by atoms with Crippen LogP contribution in [0.2, 0.25) is 0 Å². The lowest BCUT2D eigenvalue weighted by atomic mass is 10.4. The SMILES string of the molecule is CCNCc1cncc(OC(C)C)n1. The molecule has 0 aliphatic heterocycles. The predicted molar refractivity (Wildman–Crippen MR) is 55.2 cm³/mol. The third-order valence-corrected chi connectivity index (χ3v) is 1.57. The Labute approximate surface area is 84.7 Å².